The van der Waals surface area contributed by atoms with Gasteiger partial charge in [-0.25, -0.2) is 4.79 Å². The highest BCUT2D eigenvalue weighted by Gasteiger charge is 2.18. The van der Waals surface area contributed by atoms with Crippen LogP contribution >= 0.6 is 23.2 Å². The van der Waals surface area contributed by atoms with Gasteiger partial charge >= 0.3 is 5.69 Å². The van der Waals surface area contributed by atoms with Gasteiger partial charge in [0.25, 0.3) is 5.56 Å². The van der Waals surface area contributed by atoms with Crippen molar-refractivity contribution in [3.63, 3.8) is 0 Å². The zero-order valence-electron chi connectivity index (χ0n) is 11.9. The minimum Gasteiger partial charge on any atom is -0.292 e. The fraction of sp³-hybridized carbons (Fsp3) is 0.214. The minimum atomic E-state index is -0.452. The first-order valence-electron chi connectivity index (χ1n) is 6.46. The van der Waals surface area contributed by atoms with E-state index in [2.05, 4.69) is 5.10 Å². The van der Waals surface area contributed by atoms with Crippen molar-refractivity contribution in [2.24, 2.45) is 14.1 Å². The number of halogens is 2. The molecule has 0 saturated heterocycles. The zero-order chi connectivity index (χ0) is 16.0. The SMILES string of the molecule is Cn1nc(Cl)c2c1c(=O)n(Cc1cccc(Cl)c1)c(=O)n2C. The normalized spacial score (nSPS) is 11.3. The van der Waals surface area contributed by atoms with Crippen LogP contribution < -0.4 is 11.2 Å². The molecule has 114 valence electrons. The molecule has 8 heteroatoms. The number of hydrogen-bond donors (Lipinski definition) is 0. The molecule has 22 heavy (non-hydrogen) atoms. The lowest BCUT2D eigenvalue weighted by Crippen LogP contribution is -2.39. The second kappa shape index (κ2) is 5.30. The average Bonchev–Trinajstić information content (AvgIpc) is 2.76. The first-order valence-corrected chi connectivity index (χ1v) is 7.22. The molecule has 0 atom stereocenters. The molecule has 0 saturated carbocycles. The molecule has 0 fully saturated rings. The molecule has 2 heterocycles. The van der Waals surface area contributed by atoms with Gasteiger partial charge in [-0.2, -0.15) is 5.10 Å². The minimum absolute atomic E-state index is 0.129. The van der Waals surface area contributed by atoms with Crippen LogP contribution in [0.4, 0.5) is 0 Å². The quantitative estimate of drug-likeness (QED) is 0.715. The highest BCUT2D eigenvalue weighted by atomic mass is 35.5. The lowest BCUT2D eigenvalue weighted by atomic mass is 10.2. The third-order valence-corrected chi connectivity index (χ3v) is 4.00. The van der Waals surface area contributed by atoms with Crippen LogP contribution in [0.15, 0.2) is 33.9 Å². The summed E-state index contributed by atoms with van der Waals surface area (Å²) < 4.78 is 3.86. The maximum Gasteiger partial charge on any atom is 0.331 e. The van der Waals surface area contributed by atoms with Gasteiger partial charge in [-0.05, 0) is 17.7 Å². The third kappa shape index (κ3) is 2.24. The molecule has 0 spiro atoms. The number of fused-ring (bicyclic) bond motifs is 1. The number of benzene rings is 1. The van der Waals surface area contributed by atoms with E-state index in [1.54, 1.807) is 38.4 Å². The van der Waals surface area contributed by atoms with Gasteiger partial charge in [0.1, 0.15) is 5.52 Å². The van der Waals surface area contributed by atoms with E-state index in [0.29, 0.717) is 10.5 Å². The van der Waals surface area contributed by atoms with Gasteiger partial charge in [0.2, 0.25) is 0 Å². The van der Waals surface area contributed by atoms with Crippen LogP contribution in [-0.4, -0.2) is 18.9 Å². The number of nitrogens with zero attached hydrogens (tertiary/aromatic N) is 4. The van der Waals surface area contributed by atoms with Gasteiger partial charge in [0.15, 0.2) is 10.7 Å². The number of rotatable bonds is 2. The summed E-state index contributed by atoms with van der Waals surface area (Å²) in [5, 5.41) is 4.68. The zero-order valence-corrected chi connectivity index (χ0v) is 13.4. The van der Waals surface area contributed by atoms with E-state index in [-0.39, 0.29) is 17.2 Å². The highest BCUT2D eigenvalue weighted by Crippen LogP contribution is 2.17. The first kappa shape index (κ1) is 14.9. The fourth-order valence-corrected chi connectivity index (χ4v) is 3.01. The molecule has 3 rings (SSSR count). The molecule has 0 N–H and O–H groups in total. The molecule has 2 aromatic heterocycles. The molecular formula is C14H12Cl2N4O2. The molecule has 0 radical (unpaired) electrons. The maximum absolute atomic E-state index is 12.6. The van der Waals surface area contributed by atoms with E-state index < -0.39 is 11.2 Å². The summed E-state index contributed by atoms with van der Waals surface area (Å²) in [6, 6.07) is 7.02. The molecule has 0 aliphatic heterocycles. The summed E-state index contributed by atoms with van der Waals surface area (Å²) in [6.07, 6.45) is 0. The van der Waals surface area contributed by atoms with Gasteiger partial charge in [-0.15, -0.1) is 0 Å². The van der Waals surface area contributed by atoms with Crippen molar-refractivity contribution >= 4 is 34.2 Å². The Bertz CT molecular complexity index is 1000. The standard InChI is InChI=1S/C14H12Cl2N4O2/c1-18-10-11(19(2)17-12(10)16)13(21)20(14(18)22)7-8-4-3-5-9(15)6-8/h3-6H,7H2,1-2H3. The second-order valence-electron chi connectivity index (χ2n) is 4.97. The third-order valence-electron chi connectivity index (χ3n) is 3.51. The Morgan fingerprint density at radius 2 is 1.86 bits per heavy atom. The largest absolute Gasteiger partial charge is 0.331 e. The predicted octanol–water partition coefficient (Wildman–Crippen LogP) is 1.79. The van der Waals surface area contributed by atoms with E-state index in [4.69, 9.17) is 23.2 Å². The molecule has 0 bridgehead atoms. The van der Waals surface area contributed by atoms with E-state index in [1.807, 2.05) is 0 Å². The number of hydrogen-bond acceptors (Lipinski definition) is 3. The monoisotopic (exact) mass is 338 g/mol. The maximum atomic E-state index is 12.6. The Labute approximate surface area is 135 Å². The number of aryl methyl sites for hydroxylation is 2. The molecule has 6 nitrogen and oxygen atoms in total. The summed E-state index contributed by atoms with van der Waals surface area (Å²) in [7, 11) is 3.18. The summed E-state index contributed by atoms with van der Waals surface area (Å²) >= 11 is 11.9. The highest BCUT2D eigenvalue weighted by molar-refractivity contribution is 6.33. The molecule has 0 aliphatic rings. The van der Waals surface area contributed by atoms with Crippen LogP contribution in [0.2, 0.25) is 10.2 Å². The van der Waals surface area contributed by atoms with Crippen LogP contribution in [0.5, 0.6) is 0 Å². The Morgan fingerprint density at radius 1 is 1.14 bits per heavy atom. The fourth-order valence-electron chi connectivity index (χ4n) is 2.47. The second-order valence-corrected chi connectivity index (χ2v) is 5.77. The summed E-state index contributed by atoms with van der Waals surface area (Å²) in [4.78, 5) is 25.1. The Balaban J connectivity index is 2.29. The smallest absolute Gasteiger partial charge is 0.292 e. The van der Waals surface area contributed by atoms with Crippen LogP contribution in [0.25, 0.3) is 11.0 Å². The average molecular weight is 339 g/mol. The lowest BCUT2D eigenvalue weighted by Gasteiger charge is -2.09. The van der Waals surface area contributed by atoms with Crippen molar-refractivity contribution in [2.45, 2.75) is 6.54 Å². The molecule has 1 aromatic carbocycles. The van der Waals surface area contributed by atoms with Crippen LogP contribution in [0.1, 0.15) is 5.56 Å². The van der Waals surface area contributed by atoms with E-state index in [9.17, 15) is 9.59 Å². The van der Waals surface area contributed by atoms with E-state index in [1.165, 1.54) is 9.25 Å². The summed E-state index contributed by atoms with van der Waals surface area (Å²) in [5.41, 5.74) is 0.502. The van der Waals surface area contributed by atoms with Crippen molar-refractivity contribution in [1.29, 1.82) is 0 Å². The molecular weight excluding hydrogens is 327 g/mol. The van der Waals surface area contributed by atoms with Crippen LogP contribution in [0, 0.1) is 0 Å². The van der Waals surface area contributed by atoms with Crippen molar-refractivity contribution in [3.05, 3.63) is 60.8 Å². The van der Waals surface area contributed by atoms with Gasteiger partial charge in [-0.3, -0.25) is 18.6 Å². The van der Waals surface area contributed by atoms with Crippen LogP contribution in [0.3, 0.4) is 0 Å². The van der Waals surface area contributed by atoms with Crippen LogP contribution in [-0.2, 0) is 20.6 Å². The molecule has 0 amide bonds. The van der Waals surface area contributed by atoms with E-state index in [0.717, 1.165) is 10.1 Å². The van der Waals surface area contributed by atoms with Crippen molar-refractivity contribution in [3.8, 4) is 0 Å². The summed E-state index contributed by atoms with van der Waals surface area (Å²) in [5.74, 6) is 0. The molecule has 0 unspecified atom stereocenters. The molecule has 3 aromatic rings. The van der Waals surface area contributed by atoms with Gasteiger partial charge in [0.05, 0.1) is 6.54 Å². The van der Waals surface area contributed by atoms with Gasteiger partial charge in [0, 0.05) is 19.1 Å². The van der Waals surface area contributed by atoms with E-state index >= 15 is 0 Å². The van der Waals surface area contributed by atoms with Gasteiger partial charge < -0.3 is 0 Å². The lowest BCUT2D eigenvalue weighted by molar-refractivity contribution is 0.654. The molecule has 0 aliphatic carbocycles. The van der Waals surface area contributed by atoms with Crippen molar-refractivity contribution < 1.29 is 0 Å². The van der Waals surface area contributed by atoms with Crippen molar-refractivity contribution in [1.82, 2.24) is 18.9 Å². The first-order chi connectivity index (χ1) is 10.4. The Morgan fingerprint density at radius 3 is 2.55 bits per heavy atom. The predicted molar refractivity (Wildman–Crippen MR) is 85.8 cm³/mol. The Kier molecular flexibility index (Phi) is 3.58. The Hall–Kier alpha value is -2.05. The van der Waals surface area contributed by atoms with Gasteiger partial charge in [-0.1, -0.05) is 35.3 Å². The topological polar surface area (TPSA) is 61.8 Å². The summed E-state index contributed by atoms with van der Waals surface area (Å²) in [6.45, 7) is 0.130. The number of aromatic nitrogens is 4. The van der Waals surface area contributed by atoms with Crippen molar-refractivity contribution in [2.75, 3.05) is 0 Å².